The zero-order chi connectivity index (χ0) is 24.2. The molecule has 7 rings (SSSR count). The first-order chi connectivity index (χ1) is 17.7. The van der Waals surface area contributed by atoms with Gasteiger partial charge in [0.2, 0.25) is 0 Å². The minimum absolute atomic E-state index is 0.379. The maximum Gasteiger partial charge on any atom is 0.0494 e. The highest BCUT2D eigenvalue weighted by atomic mass is 15.0. The van der Waals surface area contributed by atoms with Crippen LogP contribution >= 0.6 is 0 Å². The molecule has 0 aliphatic heterocycles. The molecule has 0 saturated heterocycles. The van der Waals surface area contributed by atoms with E-state index in [-0.39, 0.29) is 0 Å². The Hall–Kier alpha value is -4.36. The van der Waals surface area contributed by atoms with Crippen molar-refractivity contribution in [2.75, 3.05) is 0 Å². The van der Waals surface area contributed by atoms with E-state index in [2.05, 4.69) is 140 Å². The quantitative estimate of drug-likeness (QED) is 0.247. The maximum atomic E-state index is 2.47. The van der Waals surface area contributed by atoms with Gasteiger partial charge >= 0.3 is 0 Å². The predicted molar refractivity (Wildman–Crippen MR) is 154 cm³/mol. The van der Waals surface area contributed by atoms with Crippen molar-refractivity contribution >= 4 is 21.8 Å². The van der Waals surface area contributed by atoms with E-state index in [0.29, 0.717) is 6.04 Å². The second-order valence-electron chi connectivity index (χ2n) is 10.1. The lowest BCUT2D eigenvalue weighted by atomic mass is 10.0. The normalized spacial score (nSPS) is 11.9. The molecule has 0 radical (unpaired) electrons. The minimum atomic E-state index is 0.379. The summed E-state index contributed by atoms with van der Waals surface area (Å²) in [5.41, 5.74) is 12.8. The lowest BCUT2D eigenvalue weighted by molar-refractivity contribution is 0.642. The van der Waals surface area contributed by atoms with E-state index in [9.17, 15) is 0 Å². The number of benzene rings is 2. The lowest BCUT2D eigenvalue weighted by Gasteiger charge is -2.12. The molecule has 1 heteroatoms. The summed E-state index contributed by atoms with van der Waals surface area (Å²) < 4.78 is 2.47. The van der Waals surface area contributed by atoms with Gasteiger partial charge in [0.1, 0.15) is 0 Å². The molecule has 1 heterocycles. The van der Waals surface area contributed by atoms with Crippen molar-refractivity contribution in [3.05, 3.63) is 121 Å². The van der Waals surface area contributed by atoms with Crippen LogP contribution in [0, 0.1) is 0 Å². The second kappa shape index (κ2) is 8.10. The van der Waals surface area contributed by atoms with Crippen molar-refractivity contribution in [2.24, 2.45) is 0 Å². The van der Waals surface area contributed by atoms with Gasteiger partial charge in [0.15, 0.2) is 0 Å². The van der Waals surface area contributed by atoms with Crippen LogP contribution in [0.15, 0.2) is 121 Å². The number of hydrogen-bond donors (Lipinski definition) is 0. The van der Waals surface area contributed by atoms with E-state index < -0.39 is 0 Å². The van der Waals surface area contributed by atoms with Crippen LogP contribution in [0.1, 0.15) is 19.9 Å². The highest BCUT2D eigenvalue weighted by Gasteiger charge is 2.16. The number of aromatic nitrogens is 1. The Balaban J connectivity index is 1.45. The molecule has 0 spiro atoms. The fourth-order valence-electron chi connectivity index (χ4n) is 5.73. The van der Waals surface area contributed by atoms with E-state index in [0.717, 1.165) is 0 Å². The van der Waals surface area contributed by atoms with E-state index in [1.165, 1.54) is 66.3 Å². The summed E-state index contributed by atoms with van der Waals surface area (Å²) in [5, 5.41) is 2.63. The molecule has 1 aromatic heterocycles. The Bertz CT molecular complexity index is 1630. The molecule has 1 nitrogen and oxygen atoms in total. The van der Waals surface area contributed by atoms with E-state index >= 15 is 0 Å². The largest absolute Gasteiger partial charge is 0.338 e. The standard InChI is InChI=1S/C35H27N/c1-23(2)36-34-15-13-28(30-17-24-9-5-3-6-10-25(24)18-30)21-32(34)33-22-29(14-16-35(33)36)31-19-26-11-7-4-8-12-27(26)20-31/h3-23H,1-2H3. The molecule has 0 unspecified atom stereocenters. The van der Waals surface area contributed by atoms with Crippen LogP contribution in [0.2, 0.25) is 0 Å². The summed E-state index contributed by atoms with van der Waals surface area (Å²) in [6.45, 7) is 4.54. The fourth-order valence-corrected chi connectivity index (χ4v) is 5.73. The van der Waals surface area contributed by atoms with Crippen molar-refractivity contribution in [1.29, 1.82) is 0 Å². The zero-order valence-electron chi connectivity index (χ0n) is 20.6. The van der Waals surface area contributed by atoms with Crippen LogP contribution in [-0.4, -0.2) is 4.57 Å². The average molecular weight is 462 g/mol. The van der Waals surface area contributed by atoms with Crippen molar-refractivity contribution < 1.29 is 0 Å². The van der Waals surface area contributed by atoms with Gasteiger partial charge in [-0.25, -0.2) is 0 Å². The van der Waals surface area contributed by atoms with Crippen LogP contribution in [0.5, 0.6) is 0 Å². The van der Waals surface area contributed by atoms with Gasteiger partial charge in [-0.2, -0.15) is 0 Å². The lowest BCUT2D eigenvalue weighted by Crippen LogP contribution is -1.99. The van der Waals surface area contributed by atoms with E-state index in [4.69, 9.17) is 0 Å². The van der Waals surface area contributed by atoms with Crippen LogP contribution in [0.4, 0.5) is 0 Å². The van der Waals surface area contributed by atoms with Gasteiger partial charge < -0.3 is 4.57 Å². The molecule has 4 aliphatic carbocycles. The molecular formula is C35H27N. The van der Waals surface area contributed by atoms with Crippen molar-refractivity contribution in [1.82, 2.24) is 4.57 Å². The molecule has 0 atom stereocenters. The molecule has 0 fully saturated rings. The minimum Gasteiger partial charge on any atom is -0.338 e. The first-order valence-corrected chi connectivity index (χ1v) is 12.7. The van der Waals surface area contributed by atoms with Crippen LogP contribution < -0.4 is 0 Å². The zero-order valence-corrected chi connectivity index (χ0v) is 20.6. The third-order valence-corrected chi connectivity index (χ3v) is 7.44. The third-order valence-electron chi connectivity index (χ3n) is 7.44. The van der Waals surface area contributed by atoms with Crippen molar-refractivity contribution in [3.63, 3.8) is 0 Å². The summed E-state index contributed by atoms with van der Waals surface area (Å²) in [7, 11) is 0. The van der Waals surface area contributed by atoms with Gasteiger partial charge in [0.25, 0.3) is 0 Å². The van der Waals surface area contributed by atoms with Gasteiger partial charge in [-0.3, -0.25) is 0 Å². The summed E-state index contributed by atoms with van der Waals surface area (Å²) in [6.07, 6.45) is 0. The first-order valence-electron chi connectivity index (χ1n) is 12.7. The summed E-state index contributed by atoms with van der Waals surface area (Å²) in [5.74, 6) is 0. The van der Waals surface area contributed by atoms with E-state index in [1.54, 1.807) is 0 Å². The Morgan fingerprint density at radius 3 is 1.11 bits per heavy atom. The predicted octanol–water partition coefficient (Wildman–Crippen LogP) is 9.92. The van der Waals surface area contributed by atoms with Gasteiger partial charge in [-0.1, -0.05) is 72.8 Å². The maximum absolute atomic E-state index is 2.47. The molecule has 172 valence electrons. The SMILES string of the molecule is CC(C)n1c2ccc(-c3cc4cccccc-4c3)cc2c2cc(-c3cc4cccccc-4c3)ccc21. The molecule has 3 aromatic rings. The molecule has 4 aliphatic rings. The Labute approximate surface area is 211 Å². The Kier molecular flexibility index (Phi) is 4.72. The molecule has 2 aromatic carbocycles. The first kappa shape index (κ1) is 21.0. The third kappa shape index (κ3) is 3.31. The molecular weight excluding hydrogens is 434 g/mol. The second-order valence-corrected chi connectivity index (χ2v) is 10.1. The van der Waals surface area contributed by atoms with Crippen LogP contribution in [-0.2, 0) is 0 Å². The Morgan fingerprint density at radius 2 is 0.750 bits per heavy atom. The highest BCUT2D eigenvalue weighted by Crippen LogP contribution is 2.40. The van der Waals surface area contributed by atoms with Gasteiger partial charge in [-0.05, 0) is 107 Å². The number of hydrogen-bond acceptors (Lipinski definition) is 0. The number of rotatable bonds is 3. The molecule has 0 bridgehead atoms. The fraction of sp³-hybridized carbons (Fsp3) is 0.0857. The van der Waals surface area contributed by atoms with Crippen LogP contribution in [0.25, 0.3) is 66.3 Å². The van der Waals surface area contributed by atoms with Crippen molar-refractivity contribution in [2.45, 2.75) is 19.9 Å². The van der Waals surface area contributed by atoms with Crippen molar-refractivity contribution in [3.8, 4) is 44.5 Å². The smallest absolute Gasteiger partial charge is 0.0494 e. The molecule has 0 saturated carbocycles. The molecule has 36 heavy (non-hydrogen) atoms. The van der Waals surface area contributed by atoms with E-state index in [1.807, 2.05) is 0 Å². The summed E-state index contributed by atoms with van der Waals surface area (Å²) >= 11 is 0. The Morgan fingerprint density at radius 1 is 0.389 bits per heavy atom. The monoisotopic (exact) mass is 461 g/mol. The summed E-state index contributed by atoms with van der Waals surface area (Å²) in [4.78, 5) is 0. The topological polar surface area (TPSA) is 4.93 Å². The highest BCUT2D eigenvalue weighted by molar-refractivity contribution is 6.11. The summed E-state index contributed by atoms with van der Waals surface area (Å²) in [6, 6.07) is 44.9. The molecule has 0 N–H and O–H groups in total. The van der Waals surface area contributed by atoms with Gasteiger partial charge in [0.05, 0.1) is 0 Å². The number of fused-ring (bicyclic) bond motifs is 5. The van der Waals surface area contributed by atoms with Crippen LogP contribution in [0.3, 0.4) is 0 Å². The molecule has 0 amide bonds. The van der Waals surface area contributed by atoms with Gasteiger partial charge in [-0.15, -0.1) is 0 Å². The number of nitrogens with zero attached hydrogens (tertiary/aromatic N) is 1. The average Bonchev–Trinajstić information content (AvgIpc) is 3.47. The van der Waals surface area contributed by atoms with Gasteiger partial charge in [0, 0.05) is 27.8 Å².